The Labute approximate surface area is 430 Å². The summed E-state index contributed by atoms with van der Waals surface area (Å²) < 4.78 is 0. The third-order valence-electron chi connectivity index (χ3n) is 14.2. The summed E-state index contributed by atoms with van der Waals surface area (Å²) in [5.74, 6) is -7.19. The first-order valence-corrected chi connectivity index (χ1v) is 25.7. The largest absolute Gasteiger partial charge is 0.508 e. The molecular weight excluding hydrogens is 969 g/mol. The lowest BCUT2D eigenvalue weighted by atomic mass is 9.91. The zero-order valence-corrected chi connectivity index (χ0v) is 42.6. The van der Waals surface area contributed by atoms with Crippen LogP contribution in [0.15, 0.2) is 24.3 Å². The Balaban J connectivity index is 1.68. The van der Waals surface area contributed by atoms with E-state index in [9.17, 15) is 84.8 Å². The van der Waals surface area contributed by atoms with Crippen LogP contribution in [0.4, 0.5) is 0 Å². The third-order valence-corrected chi connectivity index (χ3v) is 14.2. The molecule has 3 fully saturated rings. The number of hydrogen-bond donors (Lipinski definition) is 14. The van der Waals surface area contributed by atoms with Gasteiger partial charge in [-0.2, -0.15) is 5.26 Å². The Hall–Kier alpha value is -5.52. The minimum atomic E-state index is -2.33. The maximum absolute atomic E-state index is 14.3. The Morgan fingerprint density at radius 1 is 0.743 bits per heavy atom. The van der Waals surface area contributed by atoms with E-state index in [1.807, 2.05) is 0 Å². The van der Waals surface area contributed by atoms with Crippen molar-refractivity contribution >= 4 is 41.4 Å². The molecule has 14 N–H and O–H groups in total. The fourth-order valence-electron chi connectivity index (χ4n) is 9.68. The van der Waals surface area contributed by atoms with Gasteiger partial charge in [0.05, 0.1) is 36.9 Å². The predicted octanol–water partition coefficient (Wildman–Crippen LogP) is -2.30. The van der Waals surface area contributed by atoms with Crippen LogP contribution < -0.4 is 26.6 Å². The highest BCUT2D eigenvalue weighted by atomic mass is 16.3. The van der Waals surface area contributed by atoms with E-state index in [-0.39, 0.29) is 24.2 Å². The highest BCUT2D eigenvalue weighted by Gasteiger charge is 2.49. The molecule has 0 radical (unpaired) electrons. The number of aromatic hydroxyl groups is 1. The van der Waals surface area contributed by atoms with Crippen molar-refractivity contribution in [1.29, 1.82) is 5.26 Å². The lowest BCUT2D eigenvalue weighted by Crippen LogP contribution is -2.64. The van der Waals surface area contributed by atoms with Gasteiger partial charge in [0.15, 0.2) is 6.23 Å². The van der Waals surface area contributed by atoms with Crippen LogP contribution in [-0.4, -0.2) is 189 Å². The van der Waals surface area contributed by atoms with Gasteiger partial charge < -0.3 is 82.3 Å². The summed E-state index contributed by atoms with van der Waals surface area (Å²) in [7, 11) is 0. The number of nitrogens with one attached hydrogen (secondary N) is 5. The van der Waals surface area contributed by atoms with E-state index in [0.29, 0.717) is 29.6 Å². The van der Waals surface area contributed by atoms with Gasteiger partial charge in [0.25, 0.3) is 0 Å². The van der Waals surface area contributed by atoms with E-state index in [0.717, 1.165) is 62.5 Å². The number of unbranched alkanes of at least 4 members (excludes halogenated alkanes) is 5. The molecule has 3 heterocycles. The fourth-order valence-corrected chi connectivity index (χ4v) is 9.68. The number of nitriles is 1. The highest BCUT2D eigenvalue weighted by molar-refractivity contribution is 5.98. The Kier molecular flexibility index (Phi) is 23.9. The highest BCUT2D eigenvalue weighted by Crippen LogP contribution is 2.27. The molecule has 24 nitrogen and oxygen atoms in total. The second kappa shape index (κ2) is 29.0. The number of carbonyl (C=O) groups excluding carboxylic acids is 7. The summed E-state index contributed by atoms with van der Waals surface area (Å²) in [5, 5.41) is 120. The predicted molar refractivity (Wildman–Crippen MR) is 262 cm³/mol. The van der Waals surface area contributed by atoms with Gasteiger partial charge in [-0.15, -0.1) is 0 Å². The number of rotatable bonds is 19. The number of aliphatic hydroxyl groups excluding tert-OH is 8. The van der Waals surface area contributed by atoms with E-state index in [4.69, 9.17) is 0 Å². The lowest BCUT2D eigenvalue weighted by molar-refractivity contribution is -0.148. The van der Waals surface area contributed by atoms with E-state index in [1.165, 1.54) is 18.6 Å². The van der Waals surface area contributed by atoms with E-state index >= 15 is 0 Å². The second-order valence-corrected chi connectivity index (χ2v) is 20.3. The Morgan fingerprint density at radius 3 is 1.99 bits per heavy atom. The fraction of sp³-hybridized carbons (Fsp3) is 0.720. The molecule has 74 heavy (non-hydrogen) atoms. The van der Waals surface area contributed by atoms with Crippen LogP contribution >= 0.6 is 0 Å². The zero-order valence-electron chi connectivity index (χ0n) is 42.6. The van der Waals surface area contributed by atoms with Crippen molar-refractivity contribution in [2.75, 3.05) is 13.1 Å². The van der Waals surface area contributed by atoms with Crippen molar-refractivity contribution in [3.63, 3.8) is 0 Å². The molecular formula is C50H78N8O16. The first-order chi connectivity index (χ1) is 35.0. The molecule has 1 aromatic carbocycles. The molecule has 3 aliphatic rings. The SMILES string of the molecule is CC[C@H](C)C[C@H](C)CCCCCCCCC(=O)N[C@H]1C[C@@H](O)[C@@H](O)NC(=O)[C@@H]2[C@@H](O)CCN2C(=O)[C@H]([C@H](O)CC#N)NC(=O)[C@H]([C@H](O)[C@@H](O)c2ccc(O)cc2)NC(=O)[C@@H]2C[C@@H](O)CN2C(=O)[C@H]([C@@H](C)O)NC1=O. The molecule has 24 heteroatoms. The molecule has 0 aromatic heterocycles. The molecule has 3 saturated heterocycles. The number of phenolic OH excluding ortho intramolecular Hbond substituents is 1. The molecule has 16 atom stereocenters. The third kappa shape index (κ3) is 17.0. The van der Waals surface area contributed by atoms with Gasteiger partial charge in [0.1, 0.15) is 60.3 Å². The second-order valence-electron chi connectivity index (χ2n) is 20.3. The molecule has 1 aromatic rings. The normalized spacial score (nSPS) is 29.2. The van der Waals surface area contributed by atoms with Crippen LogP contribution in [0.3, 0.4) is 0 Å². The van der Waals surface area contributed by atoms with Gasteiger partial charge in [0.2, 0.25) is 41.4 Å². The number of benzene rings is 1. The standard InChI is InChI=1S/C50H78N8O16/c1-5-26(2)22-27(3)12-10-8-6-7-9-11-13-37(65)52-32-24-36(64)46(70)56-48(72)41-35(63)19-21-57(41)50(74)39(34(62)18-20-51)54-47(71)40(43(67)42(66)29-14-16-30(60)17-15-29)55-45(69)33-23-31(61)25-58(33)49(73)38(28(4)59)53-44(32)68/h14-17,26-28,31-36,38-43,46,59-64,66-67,70H,5-13,18-19,21-25H2,1-4H3,(H,52,65)(H,53,68)(H,54,71)(H,55,69)(H,56,72)/t26-,27+,28+,31+,32-,33-,34+,35-,36+,38-,39-,40-,41-,42-,43-,46+/m0/s1. The lowest BCUT2D eigenvalue weighted by Gasteiger charge is -2.34. The van der Waals surface area contributed by atoms with Gasteiger partial charge in [-0.3, -0.25) is 33.6 Å². The van der Waals surface area contributed by atoms with Gasteiger partial charge in [-0.25, -0.2) is 0 Å². The van der Waals surface area contributed by atoms with E-state index in [2.05, 4.69) is 47.4 Å². The van der Waals surface area contributed by atoms with Crippen molar-refractivity contribution in [1.82, 2.24) is 36.4 Å². The van der Waals surface area contributed by atoms with E-state index < -0.39 is 159 Å². The number of amides is 7. The maximum atomic E-state index is 14.3. The molecule has 4 rings (SSSR count). The number of carbonyl (C=O) groups is 7. The molecule has 414 valence electrons. The quantitative estimate of drug-likeness (QED) is 0.0648. The van der Waals surface area contributed by atoms with Crippen molar-refractivity contribution < 1.29 is 79.5 Å². The average molecular weight is 1050 g/mol. The number of nitrogens with zero attached hydrogens (tertiary/aromatic N) is 3. The Morgan fingerprint density at radius 2 is 1.35 bits per heavy atom. The van der Waals surface area contributed by atoms with Gasteiger partial charge in [-0.05, 0) is 55.7 Å². The summed E-state index contributed by atoms with van der Waals surface area (Å²) >= 11 is 0. The molecule has 0 aliphatic carbocycles. The summed E-state index contributed by atoms with van der Waals surface area (Å²) in [6.07, 6.45) is -9.56. The summed E-state index contributed by atoms with van der Waals surface area (Å²) in [6, 6.07) is -5.46. The number of fused-ring (bicyclic) bond motifs is 2. The average Bonchev–Trinajstić information content (AvgIpc) is 3.95. The van der Waals surface area contributed by atoms with Crippen molar-refractivity contribution in [3.8, 4) is 11.8 Å². The zero-order chi connectivity index (χ0) is 55.0. The first-order valence-electron chi connectivity index (χ1n) is 25.7. The summed E-state index contributed by atoms with van der Waals surface area (Å²) in [4.78, 5) is 100. The summed E-state index contributed by atoms with van der Waals surface area (Å²) in [5.41, 5.74) is -0.0965. The molecule has 0 unspecified atom stereocenters. The van der Waals surface area contributed by atoms with Crippen LogP contribution in [0, 0.1) is 23.2 Å². The number of hydrogen-bond acceptors (Lipinski definition) is 17. The number of phenols is 1. The van der Waals surface area contributed by atoms with Gasteiger partial charge >= 0.3 is 0 Å². The van der Waals surface area contributed by atoms with Crippen LogP contribution in [0.25, 0.3) is 0 Å². The van der Waals surface area contributed by atoms with Crippen molar-refractivity contribution in [2.45, 2.75) is 203 Å². The Bertz CT molecular complexity index is 2090. The smallest absolute Gasteiger partial charge is 0.248 e. The van der Waals surface area contributed by atoms with Crippen molar-refractivity contribution in [2.24, 2.45) is 11.8 Å². The van der Waals surface area contributed by atoms with E-state index in [1.54, 1.807) is 6.07 Å². The monoisotopic (exact) mass is 1050 g/mol. The summed E-state index contributed by atoms with van der Waals surface area (Å²) in [6.45, 7) is 6.83. The maximum Gasteiger partial charge on any atom is 0.248 e. The molecule has 0 saturated carbocycles. The molecule has 0 spiro atoms. The van der Waals surface area contributed by atoms with Crippen LogP contribution in [-0.2, 0) is 33.6 Å². The van der Waals surface area contributed by atoms with Crippen LogP contribution in [0.5, 0.6) is 5.75 Å². The molecule has 0 bridgehead atoms. The minimum absolute atomic E-state index is 0.0706. The minimum Gasteiger partial charge on any atom is -0.508 e. The number of aliphatic hydroxyl groups is 8. The van der Waals surface area contributed by atoms with Crippen molar-refractivity contribution in [3.05, 3.63) is 29.8 Å². The van der Waals surface area contributed by atoms with Gasteiger partial charge in [-0.1, -0.05) is 77.8 Å². The first kappa shape index (κ1) is 61.0. The van der Waals surface area contributed by atoms with Crippen LogP contribution in [0.1, 0.15) is 129 Å². The van der Waals surface area contributed by atoms with Crippen LogP contribution in [0.2, 0.25) is 0 Å². The van der Waals surface area contributed by atoms with Gasteiger partial charge in [0, 0.05) is 32.4 Å². The molecule has 7 amide bonds. The topological polar surface area (TPSA) is 392 Å². The molecule has 3 aliphatic heterocycles.